The SMILES string of the molecule is CC1(C)OC(c2ccncc2)C(c2ccc(OCc3ccc4ccccc4n3)cc2)C1=O. The molecule has 1 aliphatic rings. The van der Waals surface area contributed by atoms with E-state index in [4.69, 9.17) is 9.47 Å². The van der Waals surface area contributed by atoms with Gasteiger partial charge >= 0.3 is 0 Å². The van der Waals surface area contributed by atoms with Crippen LogP contribution in [0.5, 0.6) is 5.75 Å². The minimum Gasteiger partial charge on any atom is -0.487 e. The Morgan fingerprint density at radius 1 is 0.906 bits per heavy atom. The first-order valence-electron chi connectivity index (χ1n) is 10.7. The van der Waals surface area contributed by atoms with Crippen molar-refractivity contribution in [2.45, 2.75) is 38.1 Å². The number of para-hydroxylation sites is 1. The lowest BCUT2D eigenvalue weighted by Gasteiger charge is -2.19. The van der Waals surface area contributed by atoms with Gasteiger partial charge in [0.05, 0.1) is 23.2 Å². The van der Waals surface area contributed by atoms with Gasteiger partial charge in [-0.2, -0.15) is 0 Å². The Labute approximate surface area is 187 Å². The molecule has 0 aliphatic carbocycles. The highest BCUT2D eigenvalue weighted by Crippen LogP contribution is 2.46. The maximum atomic E-state index is 13.1. The number of benzene rings is 2. The van der Waals surface area contributed by atoms with Crippen LogP contribution in [0.25, 0.3) is 10.9 Å². The molecular weight excluding hydrogens is 400 g/mol. The number of ether oxygens (including phenoxy) is 2. The van der Waals surface area contributed by atoms with E-state index in [1.165, 1.54) is 0 Å². The highest BCUT2D eigenvalue weighted by atomic mass is 16.5. The van der Waals surface area contributed by atoms with Crippen molar-refractivity contribution in [3.8, 4) is 5.75 Å². The molecule has 2 atom stereocenters. The summed E-state index contributed by atoms with van der Waals surface area (Å²) in [6.45, 7) is 4.04. The molecule has 0 amide bonds. The maximum absolute atomic E-state index is 13.1. The predicted molar refractivity (Wildman–Crippen MR) is 122 cm³/mol. The van der Waals surface area contributed by atoms with Gasteiger partial charge < -0.3 is 9.47 Å². The molecule has 3 heterocycles. The summed E-state index contributed by atoms with van der Waals surface area (Å²) in [7, 11) is 0. The number of nitrogens with zero attached hydrogens (tertiary/aromatic N) is 2. The zero-order valence-corrected chi connectivity index (χ0v) is 18.1. The molecule has 2 aromatic heterocycles. The first-order valence-corrected chi connectivity index (χ1v) is 10.7. The van der Waals surface area contributed by atoms with Crippen molar-refractivity contribution in [1.82, 2.24) is 9.97 Å². The van der Waals surface area contributed by atoms with Crippen molar-refractivity contribution >= 4 is 16.7 Å². The van der Waals surface area contributed by atoms with Crippen molar-refractivity contribution < 1.29 is 14.3 Å². The van der Waals surface area contributed by atoms with Gasteiger partial charge in [-0.1, -0.05) is 36.4 Å². The number of ketones is 1. The van der Waals surface area contributed by atoms with Crippen molar-refractivity contribution in [3.63, 3.8) is 0 Å². The molecule has 1 saturated heterocycles. The lowest BCUT2D eigenvalue weighted by atomic mass is 9.84. The zero-order valence-electron chi connectivity index (χ0n) is 18.1. The van der Waals surface area contributed by atoms with Crippen molar-refractivity contribution in [3.05, 3.63) is 102 Å². The van der Waals surface area contributed by atoms with Gasteiger partial charge in [-0.3, -0.25) is 9.78 Å². The first-order chi connectivity index (χ1) is 15.5. The van der Waals surface area contributed by atoms with E-state index in [0.717, 1.165) is 33.5 Å². The molecule has 1 fully saturated rings. The highest BCUT2D eigenvalue weighted by Gasteiger charge is 2.49. The van der Waals surface area contributed by atoms with Crippen LogP contribution in [-0.2, 0) is 16.1 Å². The third-order valence-corrected chi connectivity index (χ3v) is 5.92. The Kier molecular flexibility index (Phi) is 5.19. The summed E-state index contributed by atoms with van der Waals surface area (Å²) in [5.74, 6) is 0.437. The molecule has 0 spiro atoms. The fourth-order valence-corrected chi connectivity index (χ4v) is 4.21. The number of hydrogen-bond donors (Lipinski definition) is 0. The Morgan fingerprint density at radius 2 is 1.66 bits per heavy atom. The Morgan fingerprint density at radius 3 is 2.44 bits per heavy atom. The lowest BCUT2D eigenvalue weighted by Crippen LogP contribution is -2.29. The van der Waals surface area contributed by atoms with Gasteiger partial charge in [-0.25, -0.2) is 4.98 Å². The molecule has 1 aliphatic heterocycles. The fourth-order valence-electron chi connectivity index (χ4n) is 4.21. The minimum absolute atomic E-state index is 0.0772. The molecule has 2 aromatic carbocycles. The van der Waals surface area contributed by atoms with Gasteiger partial charge in [0.2, 0.25) is 0 Å². The molecule has 0 saturated carbocycles. The molecule has 5 heteroatoms. The summed E-state index contributed by atoms with van der Waals surface area (Å²) >= 11 is 0. The number of aromatic nitrogens is 2. The summed E-state index contributed by atoms with van der Waals surface area (Å²) < 4.78 is 12.1. The second-order valence-corrected chi connectivity index (χ2v) is 8.52. The van der Waals surface area contributed by atoms with E-state index < -0.39 is 5.60 Å². The van der Waals surface area contributed by atoms with Crippen LogP contribution in [0.2, 0.25) is 0 Å². The van der Waals surface area contributed by atoms with E-state index in [1.54, 1.807) is 12.4 Å². The number of carbonyl (C=O) groups excluding carboxylic acids is 1. The molecule has 0 bridgehead atoms. The van der Waals surface area contributed by atoms with Gasteiger partial charge in [-0.15, -0.1) is 0 Å². The monoisotopic (exact) mass is 424 g/mol. The van der Waals surface area contributed by atoms with Crippen LogP contribution < -0.4 is 4.74 Å². The topological polar surface area (TPSA) is 61.3 Å². The smallest absolute Gasteiger partial charge is 0.174 e. The second kappa shape index (κ2) is 8.17. The van der Waals surface area contributed by atoms with Gasteiger partial charge in [-0.05, 0) is 61.4 Å². The number of hydrogen-bond acceptors (Lipinski definition) is 5. The largest absolute Gasteiger partial charge is 0.487 e. The number of fused-ring (bicyclic) bond motifs is 1. The zero-order chi connectivity index (χ0) is 22.1. The minimum atomic E-state index is -0.838. The standard InChI is InChI=1S/C27H24N2O3/c1-27(2)26(30)24(25(32-27)20-13-15-28-16-14-20)19-8-11-22(12-9-19)31-17-21-10-7-18-5-3-4-6-23(18)29-21/h3-16,24-25H,17H2,1-2H3. The van der Waals surface area contributed by atoms with Crippen molar-refractivity contribution in [1.29, 1.82) is 0 Å². The third kappa shape index (κ3) is 3.87. The molecule has 2 unspecified atom stereocenters. The average molecular weight is 425 g/mol. The average Bonchev–Trinajstić information content (AvgIpc) is 3.07. The van der Waals surface area contributed by atoms with Crippen LogP contribution in [-0.4, -0.2) is 21.4 Å². The van der Waals surface area contributed by atoms with E-state index >= 15 is 0 Å². The number of rotatable bonds is 5. The van der Waals surface area contributed by atoms with E-state index in [2.05, 4.69) is 16.0 Å². The van der Waals surface area contributed by atoms with Gasteiger partial charge in [0.1, 0.15) is 18.0 Å². The van der Waals surface area contributed by atoms with Crippen LogP contribution in [0.15, 0.2) is 85.2 Å². The highest BCUT2D eigenvalue weighted by molar-refractivity contribution is 5.95. The molecule has 160 valence electrons. The molecule has 0 N–H and O–H groups in total. The summed E-state index contributed by atoms with van der Waals surface area (Å²) in [6, 6.07) is 23.6. The van der Waals surface area contributed by atoms with Crippen molar-refractivity contribution in [2.24, 2.45) is 0 Å². The molecule has 5 rings (SSSR count). The Hall–Kier alpha value is -3.57. The van der Waals surface area contributed by atoms with Crippen LogP contribution in [0.3, 0.4) is 0 Å². The van der Waals surface area contributed by atoms with Gasteiger partial charge in [0, 0.05) is 17.8 Å². The number of pyridine rings is 2. The Bertz CT molecular complexity index is 1250. The molecule has 32 heavy (non-hydrogen) atoms. The normalized spacial score (nSPS) is 19.9. The van der Waals surface area contributed by atoms with E-state index in [0.29, 0.717) is 6.61 Å². The summed E-state index contributed by atoms with van der Waals surface area (Å²) in [5.41, 5.74) is 2.85. The quantitative estimate of drug-likeness (QED) is 0.429. The molecule has 0 radical (unpaired) electrons. The first kappa shape index (κ1) is 20.3. The van der Waals surface area contributed by atoms with Gasteiger partial charge in [0.15, 0.2) is 5.78 Å². The van der Waals surface area contributed by atoms with Gasteiger partial charge in [0.25, 0.3) is 0 Å². The van der Waals surface area contributed by atoms with Crippen LogP contribution in [0.1, 0.15) is 42.7 Å². The molecule has 4 aromatic rings. The van der Waals surface area contributed by atoms with Crippen LogP contribution in [0.4, 0.5) is 0 Å². The van der Waals surface area contributed by atoms with E-state index in [1.807, 2.05) is 80.6 Å². The second-order valence-electron chi connectivity index (χ2n) is 8.52. The number of carbonyl (C=O) groups is 1. The van der Waals surface area contributed by atoms with Crippen LogP contribution in [0, 0.1) is 0 Å². The summed E-state index contributed by atoms with van der Waals surface area (Å²) in [5, 5.41) is 1.11. The van der Waals surface area contributed by atoms with Crippen molar-refractivity contribution in [2.75, 3.05) is 0 Å². The van der Waals surface area contributed by atoms with Crippen LogP contribution >= 0.6 is 0 Å². The summed E-state index contributed by atoms with van der Waals surface area (Å²) in [4.78, 5) is 21.9. The summed E-state index contributed by atoms with van der Waals surface area (Å²) in [6.07, 6.45) is 3.11. The Balaban J connectivity index is 1.34. The molecule has 5 nitrogen and oxygen atoms in total. The lowest BCUT2D eigenvalue weighted by molar-refractivity contribution is -0.130. The number of Topliss-reactive ketones (excluding diaryl/α,β-unsaturated/α-hetero) is 1. The van der Waals surface area contributed by atoms with E-state index in [-0.39, 0.29) is 17.8 Å². The fraction of sp³-hybridized carbons (Fsp3) is 0.222. The maximum Gasteiger partial charge on any atom is 0.174 e. The van der Waals surface area contributed by atoms with E-state index in [9.17, 15) is 4.79 Å². The third-order valence-electron chi connectivity index (χ3n) is 5.92. The predicted octanol–water partition coefficient (Wildman–Crippen LogP) is 5.41. The molecular formula is C27H24N2O3.